The van der Waals surface area contributed by atoms with Crippen LogP contribution in [0.2, 0.25) is 0 Å². The van der Waals surface area contributed by atoms with Gasteiger partial charge in [-0.1, -0.05) is 18.2 Å². The molecule has 0 atom stereocenters. The predicted octanol–water partition coefficient (Wildman–Crippen LogP) is 2.16. The van der Waals surface area contributed by atoms with Crippen LogP contribution < -0.4 is 4.57 Å². The molecule has 3 heteroatoms. The number of pyridine rings is 1. The van der Waals surface area contributed by atoms with E-state index in [0.29, 0.717) is 0 Å². The molecule has 3 rings (SSSR count). The first-order valence-corrected chi connectivity index (χ1v) is 5.66. The van der Waals surface area contributed by atoms with E-state index in [0.717, 1.165) is 11.2 Å². The number of aromatic nitrogens is 3. The lowest BCUT2D eigenvalue weighted by Gasteiger charge is -2.00. The molecular weight excluding hydrogens is 210 g/mol. The zero-order valence-corrected chi connectivity index (χ0v) is 9.96. The Labute approximate surface area is 100.0 Å². The van der Waals surface area contributed by atoms with Crippen molar-refractivity contribution in [3.05, 3.63) is 54.5 Å². The fourth-order valence-electron chi connectivity index (χ4n) is 2.20. The first-order valence-electron chi connectivity index (χ1n) is 5.66. The van der Waals surface area contributed by atoms with Gasteiger partial charge in [0.2, 0.25) is 5.82 Å². The molecule has 0 aliphatic heterocycles. The van der Waals surface area contributed by atoms with Crippen molar-refractivity contribution in [1.82, 2.24) is 9.55 Å². The molecule has 0 unspecified atom stereocenters. The zero-order chi connectivity index (χ0) is 11.8. The number of aryl methyl sites for hydroxylation is 1. The van der Waals surface area contributed by atoms with E-state index in [-0.39, 0.29) is 0 Å². The van der Waals surface area contributed by atoms with Gasteiger partial charge in [-0.25, -0.2) is 9.13 Å². The molecule has 0 bridgehead atoms. The lowest BCUT2D eigenvalue weighted by molar-refractivity contribution is -0.653. The molecular formula is C14H14N3+. The molecule has 0 amide bonds. The van der Waals surface area contributed by atoms with E-state index in [9.17, 15) is 0 Å². The molecule has 1 aromatic carbocycles. The predicted molar refractivity (Wildman–Crippen MR) is 67.0 cm³/mol. The minimum Gasteiger partial charge on any atom is -0.233 e. The van der Waals surface area contributed by atoms with Crippen LogP contribution in [0.3, 0.4) is 0 Å². The SMILES string of the molecule is Cc1n(-c2ccccc2)c2cccnc2[n+]1C. The normalized spacial score (nSPS) is 10.9. The van der Waals surface area contributed by atoms with Gasteiger partial charge < -0.3 is 0 Å². The van der Waals surface area contributed by atoms with E-state index >= 15 is 0 Å². The van der Waals surface area contributed by atoms with Crippen LogP contribution in [0.1, 0.15) is 5.82 Å². The van der Waals surface area contributed by atoms with Crippen molar-refractivity contribution in [2.45, 2.75) is 6.92 Å². The summed E-state index contributed by atoms with van der Waals surface area (Å²) in [5.74, 6) is 1.17. The fourth-order valence-corrected chi connectivity index (χ4v) is 2.20. The third-order valence-electron chi connectivity index (χ3n) is 3.15. The van der Waals surface area contributed by atoms with Crippen molar-refractivity contribution in [1.29, 1.82) is 0 Å². The highest BCUT2D eigenvalue weighted by molar-refractivity contribution is 5.70. The Morgan fingerprint density at radius 3 is 2.59 bits per heavy atom. The lowest BCUT2D eigenvalue weighted by Crippen LogP contribution is -2.31. The summed E-state index contributed by atoms with van der Waals surface area (Å²) in [4.78, 5) is 4.43. The Kier molecular flexibility index (Phi) is 2.18. The van der Waals surface area contributed by atoms with Gasteiger partial charge in [-0.15, -0.1) is 4.98 Å². The summed E-state index contributed by atoms with van der Waals surface area (Å²) in [7, 11) is 2.05. The molecule has 0 N–H and O–H groups in total. The molecule has 0 saturated carbocycles. The van der Waals surface area contributed by atoms with Crippen molar-refractivity contribution >= 4 is 11.2 Å². The molecule has 17 heavy (non-hydrogen) atoms. The van der Waals surface area contributed by atoms with Gasteiger partial charge in [-0.05, 0) is 24.3 Å². The van der Waals surface area contributed by atoms with E-state index in [4.69, 9.17) is 0 Å². The van der Waals surface area contributed by atoms with Gasteiger partial charge in [0.1, 0.15) is 11.9 Å². The monoisotopic (exact) mass is 224 g/mol. The number of hydrogen-bond donors (Lipinski definition) is 0. The van der Waals surface area contributed by atoms with Crippen LogP contribution >= 0.6 is 0 Å². The van der Waals surface area contributed by atoms with Crippen molar-refractivity contribution in [2.24, 2.45) is 7.05 Å². The van der Waals surface area contributed by atoms with Gasteiger partial charge >= 0.3 is 5.65 Å². The van der Waals surface area contributed by atoms with Gasteiger partial charge in [0.15, 0.2) is 5.52 Å². The van der Waals surface area contributed by atoms with Crippen molar-refractivity contribution in [2.75, 3.05) is 0 Å². The van der Waals surface area contributed by atoms with E-state index in [1.165, 1.54) is 11.5 Å². The molecule has 0 aliphatic carbocycles. The topological polar surface area (TPSA) is 21.7 Å². The van der Waals surface area contributed by atoms with Crippen LogP contribution in [0, 0.1) is 6.92 Å². The van der Waals surface area contributed by atoms with Gasteiger partial charge in [0.05, 0.1) is 7.05 Å². The summed E-state index contributed by atoms with van der Waals surface area (Å²) < 4.78 is 4.34. The molecule has 3 nitrogen and oxygen atoms in total. The summed E-state index contributed by atoms with van der Waals surface area (Å²) in [5, 5.41) is 0. The number of benzene rings is 1. The maximum atomic E-state index is 4.43. The van der Waals surface area contributed by atoms with Crippen LogP contribution in [-0.4, -0.2) is 9.55 Å². The highest BCUT2D eigenvalue weighted by atomic mass is 15.2. The zero-order valence-electron chi connectivity index (χ0n) is 9.96. The lowest BCUT2D eigenvalue weighted by atomic mass is 10.3. The van der Waals surface area contributed by atoms with E-state index in [2.05, 4.69) is 51.4 Å². The van der Waals surface area contributed by atoms with Gasteiger partial charge in [-0.3, -0.25) is 0 Å². The summed E-state index contributed by atoms with van der Waals surface area (Å²) in [6, 6.07) is 14.4. The maximum Gasteiger partial charge on any atom is 0.302 e. The second-order valence-electron chi connectivity index (χ2n) is 4.12. The molecule has 0 saturated heterocycles. The van der Waals surface area contributed by atoms with Gasteiger partial charge in [0.25, 0.3) is 0 Å². The summed E-state index contributed by atoms with van der Waals surface area (Å²) in [6.45, 7) is 2.11. The Hall–Kier alpha value is -2.16. The molecule has 3 aromatic rings. The fraction of sp³-hybridized carbons (Fsp3) is 0.143. The van der Waals surface area contributed by atoms with Gasteiger partial charge in [-0.2, -0.15) is 0 Å². The highest BCUT2D eigenvalue weighted by Gasteiger charge is 2.19. The summed E-state index contributed by atoms with van der Waals surface area (Å²) >= 11 is 0. The first-order chi connectivity index (χ1) is 8.29. The third kappa shape index (κ3) is 1.43. The largest absolute Gasteiger partial charge is 0.302 e. The standard InChI is InChI=1S/C14H14N3/c1-11-16(2)14-13(9-6-10-15-14)17(11)12-7-4-3-5-8-12/h3-10H,1-2H3/q+1. The maximum absolute atomic E-state index is 4.43. The number of hydrogen-bond acceptors (Lipinski definition) is 1. The number of para-hydroxylation sites is 1. The second-order valence-corrected chi connectivity index (χ2v) is 4.12. The first kappa shape index (κ1) is 10.0. The molecule has 0 radical (unpaired) electrons. The van der Waals surface area contributed by atoms with Gasteiger partial charge in [0, 0.05) is 6.92 Å². The van der Waals surface area contributed by atoms with Crippen molar-refractivity contribution in [3.63, 3.8) is 0 Å². The van der Waals surface area contributed by atoms with Crippen LogP contribution in [-0.2, 0) is 7.05 Å². The van der Waals surface area contributed by atoms with Crippen molar-refractivity contribution in [3.8, 4) is 5.69 Å². The Morgan fingerprint density at radius 2 is 1.82 bits per heavy atom. The minimum absolute atomic E-state index is 1.01. The molecule has 0 fully saturated rings. The molecule has 0 spiro atoms. The molecule has 2 heterocycles. The average Bonchev–Trinajstić information content (AvgIpc) is 2.64. The summed E-state index contributed by atoms with van der Waals surface area (Å²) in [5.41, 5.74) is 3.32. The Balaban J connectivity index is 2.41. The average molecular weight is 224 g/mol. The van der Waals surface area contributed by atoms with Crippen LogP contribution in [0.4, 0.5) is 0 Å². The van der Waals surface area contributed by atoms with Crippen molar-refractivity contribution < 1.29 is 4.57 Å². The number of nitrogens with zero attached hydrogens (tertiary/aromatic N) is 3. The number of rotatable bonds is 1. The Bertz CT molecular complexity index is 669. The molecule has 84 valence electrons. The van der Waals surface area contributed by atoms with E-state index in [1.54, 1.807) is 0 Å². The van der Waals surface area contributed by atoms with Crippen LogP contribution in [0.15, 0.2) is 48.7 Å². The van der Waals surface area contributed by atoms with E-state index in [1.807, 2.05) is 25.4 Å². The number of fused-ring (bicyclic) bond motifs is 1. The smallest absolute Gasteiger partial charge is 0.233 e. The Morgan fingerprint density at radius 1 is 1.06 bits per heavy atom. The third-order valence-corrected chi connectivity index (χ3v) is 3.15. The van der Waals surface area contributed by atoms with E-state index < -0.39 is 0 Å². The second kappa shape index (κ2) is 3.70. The molecule has 2 aromatic heterocycles. The highest BCUT2D eigenvalue weighted by Crippen LogP contribution is 2.17. The number of imidazole rings is 1. The quantitative estimate of drug-likeness (QED) is 0.580. The van der Waals surface area contributed by atoms with Crippen LogP contribution in [0.5, 0.6) is 0 Å². The van der Waals surface area contributed by atoms with Crippen LogP contribution in [0.25, 0.3) is 16.9 Å². The summed E-state index contributed by atoms with van der Waals surface area (Å²) in [6.07, 6.45) is 1.83. The molecule has 0 aliphatic rings. The minimum atomic E-state index is 1.01.